The number of esters is 1. The van der Waals surface area contributed by atoms with Gasteiger partial charge in [0.1, 0.15) is 11.5 Å². The number of amides is 1. The van der Waals surface area contributed by atoms with Gasteiger partial charge in [0, 0.05) is 17.1 Å². The van der Waals surface area contributed by atoms with Gasteiger partial charge in [0.15, 0.2) is 6.61 Å². The Labute approximate surface area is 144 Å². The average molecular weight is 346 g/mol. The summed E-state index contributed by atoms with van der Waals surface area (Å²) >= 11 is 5.88. The SMILES string of the molecule is Cc1cc(Cl)ccc1OCC(=O)Oc1ccc2c(c1)CCC(=O)N2. The number of halogens is 1. The monoisotopic (exact) mass is 345 g/mol. The van der Waals surface area contributed by atoms with E-state index in [4.69, 9.17) is 21.1 Å². The molecule has 0 atom stereocenters. The van der Waals surface area contributed by atoms with Crippen molar-refractivity contribution in [1.82, 2.24) is 0 Å². The first-order valence-electron chi connectivity index (χ1n) is 7.54. The highest BCUT2D eigenvalue weighted by Gasteiger charge is 2.16. The molecule has 1 aliphatic heterocycles. The summed E-state index contributed by atoms with van der Waals surface area (Å²) in [6.45, 7) is 1.65. The van der Waals surface area contributed by atoms with Crippen molar-refractivity contribution >= 4 is 29.2 Å². The number of ether oxygens (including phenoxy) is 2. The molecule has 0 radical (unpaired) electrons. The number of benzene rings is 2. The zero-order valence-corrected chi connectivity index (χ0v) is 13.9. The van der Waals surface area contributed by atoms with E-state index < -0.39 is 5.97 Å². The zero-order valence-electron chi connectivity index (χ0n) is 13.1. The van der Waals surface area contributed by atoms with Crippen LogP contribution in [0.3, 0.4) is 0 Å². The molecule has 2 aromatic rings. The molecule has 3 rings (SSSR count). The lowest BCUT2D eigenvalue weighted by Gasteiger charge is -2.17. The number of hydrogen-bond acceptors (Lipinski definition) is 4. The summed E-state index contributed by atoms with van der Waals surface area (Å²) in [4.78, 5) is 23.3. The maximum Gasteiger partial charge on any atom is 0.349 e. The highest BCUT2D eigenvalue weighted by molar-refractivity contribution is 6.30. The van der Waals surface area contributed by atoms with E-state index in [0.717, 1.165) is 16.8 Å². The largest absolute Gasteiger partial charge is 0.482 e. The molecule has 0 aromatic heterocycles. The lowest BCUT2D eigenvalue weighted by Crippen LogP contribution is -2.20. The fourth-order valence-corrected chi connectivity index (χ4v) is 2.72. The quantitative estimate of drug-likeness (QED) is 0.680. The van der Waals surface area contributed by atoms with Gasteiger partial charge in [-0.1, -0.05) is 11.6 Å². The second-order valence-electron chi connectivity index (χ2n) is 5.54. The van der Waals surface area contributed by atoms with Crippen LogP contribution in [0.15, 0.2) is 36.4 Å². The van der Waals surface area contributed by atoms with E-state index in [9.17, 15) is 9.59 Å². The van der Waals surface area contributed by atoms with Gasteiger partial charge in [0.25, 0.3) is 0 Å². The molecule has 0 saturated heterocycles. The van der Waals surface area contributed by atoms with Crippen molar-refractivity contribution in [1.29, 1.82) is 0 Å². The summed E-state index contributed by atoms with van der Waals surface area (Å²) in [5, 5.41) is 3.40. The molecule has 124 valence electrons. The van der Waals surface area contributed by atoms with Crippen LogP contribution in [0.5, 0.6) is 11.5 Å². The van der Waals surface area contributed by atoms with Gasteiger partial charge in [-0.3, -0.25) is 4.79 Å². The number of carbonyl (C=O) groups is 2. The third-order valence-corrected chi connectivity index (χ3v) is 3.92. The van der Waals surface area contributed by atoms with Crippen LogP contribution in [0.2, 0.25) is 5.02 Å². The summed E-state index contributed by atoms with van der Waals surface area (Å²) in [6, 6.07) is 10.3. The Balaban J connectivity index is 1.60. The van der Waals surface area contributed by atoms with E-state index in [0.29, 0.717) is 29.4 Å². The molecule has 0 aliphatic carbocycles. The van der Waals surface area contributed by atoms with E-state index in [1.54, 1.807) is 36.4 Å². The minimum absolute atomic E-state index is 0.000945. The molecule has 2 aromatic carbocycles. The van der Waals surface area contributed by atoms with Crippen molar-refractivity contribution in [2.24, 2.45) is 0 Å². The minimum Gasteiger partial charge on any atom is -0.482 e. The number of hydrogen-bond donors (Lipinski definition) is 1. The molecule has 0 fully saturated rings. The Morgan fingerprint density at radius 3 is 2.83 bits per heavy atom. The van der Waals surface area contributed by atoms with Gasteiger partial charge in [0.2, 0.25) is 5.91 Å². The number of rotatable bonds is 4. The smallest absolute Gasteiger partial charge is 0.349 e. The summed E-state index contributed by atoms with van der Waals surface area (Å²) in [5.41, 5.74) is 2.56. The first kappa shape index (κ1) is 16.3. The van der Waals surface area contributed by atoms with Gasteiger partial charge < -0.3 is 14.8 Å². The Bertz CT molecular complexity index is 804. The van der Waals surface area contributed by atoms with E-state index in [-0.39, 0.29) is 12.5 Å². The number of aryl methyl sites for hydroxylation is 2. The third kappa shape index (κ3) is 3.86. The summed E-state index contributed by atoms with van der Waals surface area (Å²) in [6.07, 6.45) is 1.07. The molecule has 0 saturated carbocycles. The van der Waals surface area contributed by atoms with Crippen molar-refractivity contribution in [2.75, 3.05) is 11.9 Å². The van der Waals surface area contributed by atoms with E-state index in [1.807, 2.05) is 6.92 Å². The third-order valence-electron chi connectivity index (χ3n) is 3.69. The van der Waals surface area contributed by atoms with Gasteiger partial charge in [0.05, 0.1) is 0 Å². The van der Waals surface area contributed by atoms with Gasteiger partial charge in [-0.2, -0.15) is 0 Å². The van der Waals surface area contributed by atoms with Crippen molar-refractivity contribution in [2.45, 2.75) is 19.8 Å². The lowest BCUT2D eigenvalue weighted by molar-refractivity contribution is -0.136. The van der Waals surface area contributed by atoms with Gasteiger partial charge in [-0.05, 0) is 60.9 Å². The molecule has 1 heterocycles. The Kier molecular flexibility index (Phi) is 4.71. The standard InChI is InChI=1S/C18H16ClNO4/c1-11-8-13(19)3-6-16(11)23-10-18(22)24-14-4-5-15-12(9-14)2-7-17(21)20-15/h3-6,8-9H,2,7,10H2,1H3,(H,20,21). The van der Waals surface area contributed by atoms with Crippen LogP contribution < -0.4 is 14.8 Å². The maximum atomic E-state index is 11.9. The van der Waals surface area contributed by atoms with Crippen LogP contribution in [-0.4, -0.2) is 18.5 Å². The van der Waals surface area contributed by atoms with Crippen molar-refractivity contribution in [3.05, 3.63) is 52.5 Å². The topological polar surface area (TPSA) is 64.6 Å². The van der Waals surface area contributed by atoms with Crippen LogP contribution in [0.1, 0.15) is 17.5 Å². The molecule has 24 heavy (non-hydrogen) atoms. The molecule has 1 N–H and O–H groups in total. The van der Waals surface area contributed by atoms with Gasteiger partial charge >= 0.3 is 5.97 Å². The van der Waals surface area contributed by atoms with E-state index in [1.165, 1.54) is 0 Å². The Morgan fingerprint density at radius 2 is 2.04 bits per heavy atom. The lowest BCUT2D eigenvalue weighted by atomic mass is 10.0. The molecular weight excluding hydrogens is 330 g/mol. The Morgan fingerprint density at radius 1 is 1.21 bits per heavy atom. The fourth-order valence-electron chi connectivity index (χ4n) is 2.50. The number of carbonyl (C=O) groups excluding carboxylic acids is 2. The Hall–Kier alpha value is -2.53. The van der Waals surface area contributed by atoms with Crippen molar-refractivity contribution in [3.63, 3.8) is 0 Å². The molecule has 1 amide bonds. The molecule has 6 heteroatoms. The van der Waals surface area contributed by atoms with Gasteiger partial charge in [-0.15, -0.1) is 0 Å². The second kappa shape index (κ2) is 6.93. The zero-order chi connectivity index (χ0) is 17.1. The molecule has 0 bridgehead atoms. The minimum atomic E-state index is -0.496. The molecule has 1 aliphatic rings. The van der Waals surface area contributed by atoms with E-state index >= 15 is 0 Å². The van der Waals surface area contributed by atoms with Crippen LogP contribution in [0.25, 0.3) is 0 Å². The maximum absolute atomic E-state index is 11.9. The normalized spacial score (nSPS) is 13.0. The van der Waals surface area contributed by atoms with Crippen LogP contribution in [0, 0.1) is 6.92 Å². The second-order valence-corrected chi connectivity index (χ2v) is 5.98. The summed E-state index contributed by atoms with van der Waals surface area (Å²) in [5.74, 6) is 0.527. The average Bonchev–Trinajstić information content (AvgIpc) is 2.54. The molecular formula is C18H16ClNO4. The summed E-state index contributed by atoms with van der Waals surface area (Å²) in [7, 11) is 0. The van der Waals surface area contributed by atoms with Crippen LogP contribution in [0.4, 0.5) is 5.69 Å². The number of anilines is 1. The number of fused-ring (bicyclic) bond motifs is 1. The van der Waals surface area contributed by atoms with Crippen LogP contribution >= 0.6 is 11.6 Å². The molecule has 0 spiro atoms. The first-order valence-corrected chi connectivity index (χ1v) is 7.91. The highest BCUT2D eigenvalue weighted by Crippen LogP contribution is 2.27. The van der Waals surface area contributed by atoms with Crippen molar-refractivity contribution in [3.8, 4) is 11.5 Å². The van der Waals surface area contributed by atoms with Crippen molar-refractivity contribution < 1.29 is 19.1 Å². The number of nitrogens with one attached hydrogen (secondary N) is 1. The van der Waals surface area contributed by atoms with Crippen LogP contribution in [-0.2, 0) is 16.0 Å². The molecule has 5 nitrogen and oxygen atoms in total. The predicted octanol–water partition coefficient (Wildman–Crippen LogP) is 3.52. The molecule has 0 unspecified atom stereocenters. The fraction of sp³-hybridized carbons (Fsp3) is 0.222. The summed E-state index contributed by atoms with van der Waals surface area (Å²) < 4.78 is 10.8. The predicted molar refractivity (Wildman–Crippen MR) is 90.7 cm³/mol. The highest BCUT2D eigenvalue weighted by atomic mass is 35.5. The van der Waals surface area contributed by atoms with E-state index in [2.05, 4.69) is 5.32 Å². The van der Waals surface area contributed by atoms with Gasteiger partial charge in [-0.25, -0.2) is 4.79 Å². The first-order chi connectivity index (χ1) is 11.5.